The Morgan fingerprint density at radius 1 is 0.769 bits per heavy atom. The second-order valence-electron chi connectivity index (χ2n) is 17.7. The van der Waals surface area contributed by atoms with Gasteiger partial charge in [0.2, 0.25) is 0 Å². The third-order valence-corrected chi connectivity index (χ3v) is 14.4. The van der Waals surface area contributed by atoms with E-state index in [4.69, 9.17) is 5.73 Å². The molecule has 7 aliphatic rings. The molecule has 5 unspecified atom stereocenters. The summed E-state index contributed by atoms with van der Waals surface area (Å²) in [6.07, 6.45) is 55.2. The number of rotatable bonds is 12. The minimum Gasteiger partial charge on any atom is -0.330 e. The standard InChI is InChI=1S/C50H72N2/c1-37(39-28-30-42(31-29-39)46-34-44(40-16-5-2-6-17-40)33-45(35-46)41-18-7-3-8-19-41)48-22-11-12-23-49(48)50(36-52-47-20-9-4-10-21-47)43-26-24-38(25-27-43)15-13-14-32-51/h2,5,9,11,18,20,22,24,28,33,40,42-43,45-47,52H,3-4,6-8,10,12-17,19,21,23,25-27,29-32,34-36,51H2,1H3/b48-37+,50-49+/t40?,42?,43?,45?,46-,47?/m1/s1. The van der Waals surface area contributed by atoms with Crippen LogP contribution < -0.4 is 11.1 Å². The molecule has 52 heavy (non-hydrogen) atoms. The van der Waals surface area contributed by atoms with Gasteiger partial charge < -0.3 is 11.1 Å². The van der Waals surface area contributed by atoms with Crippen LogP contribution in [0.5, 0.6) is 0 Å². The van der Waals surface area contributed by atoms with Crippen LogP contribution in [0.15, 0.2) is 105 Å². The molecular formula is C50H72N2. The van der Waals surface area contributed by atoms with Crippen molar-refractivity contribution >= 4 is 0 Å². The van der Waals surface area contributed by atoms with E-state index in [1.165, 1.54) is 141 Å². The van der Waals surface area contributed by atoms with Crippen LogP contribution >= 0.6 is 0 Å². The summed E-state index contributed by atoms with van der Waals surface area (Å²) < 4.78 is 0. The fraction of sp³-hybridized carbons (Fsp3) is 0.640. The SMILES string of the molecule is C/C(C1=CCC([C@@H]2CC(C3CC=CCC3)=CC(C3=CCCCC3)C2)CC1)=C1/C=CCC/C1=C(/CNC1C=CCCC1)C1CC=C(CCCCN)CC1. The van der Waals surface area contributed by atoms with Crippen LogP contribution in [0.4, 0.5) is 0 Å². The van der Waals surface area contributed by atoms with Crippen molar-refractivity contribution in [2.45, 2.75) is 161 Å². The van der Waals surface area contributed by atoms with Crippen molar-refractivity contribution in [2.24, 2.45) is 35.3 Å². The van der Waals surface area contributed by atoms with E-state index in [-0.39, 0.29) is 0 Å². The summed E-state index contributed by atoms with van der Waals surface area (Å²) in [5, 5.41) is 4.05. The molecule has 3 N–H and O–H groups in total. The summed E-state index contributed by atoms with van der Waals surface area (Å²) in [7, 11) is 0. The number of hydrogen-bond donors (Lipinski definition) is 2. The van der Waals surface area contributed by atoms with Gasteiger partial charge in [-0.3, -0.25) is 0 Å². The first-order valence-electron chi connectivity index (χ1n) is 22.3. The molecule has 0 bridgehead atoms. The first-order chi connectivity index (χ1) is 25.7. The smallest absolute Gasteiger partial charge is 0.0253 e. The van der Waals surface area contributed by atoms with E-state index in [2.05, 4.69) is 73.0 Å². The Kier molecular flexibility index (Phi) is 14.0. The lowest BCUT2D eigenvalue weighted by atomic mass is 9.66. The topological polar surface area (TPSA) is 38.0 Å². The Bertz CT molecular complexity index is 1500. The van der Waals surface area contributed by atoms with Crippen molar-refractivity contribution < 1.29 is 0 Å². The number of nitrogens with two attached hydrogens (primary N) is 1. The molecule has 6 atom stereocenters. The Morgan fingerprint density at radius 3 is 2.48 bits per heavy atom. The lowest BCUT2D eigenvalue weighted by molar-refractivity contribution is 0.247. The van der Waals surface area contributed by atoms with Gasteiger partial charge in [0.25, 0.3) is 0 Å². The number of unbranched alkanes of at least 4 members (excludes halogenated alkanes) is 1. The molecule has 0 aliphatic heterocycles. The van der Waals surface area contributed by atoms with E-state index in [9.17, 15) is 0 Å². The molecule has 0 saturated carbocycles. The molecule has 282 valence electrons. The van der Waals surface area contributed by atoms with Crippen molar-refractivity contribution in [3.8, 4) is 0 Å². The van der Waals surface area contributed by atoms with Gasteiger partial charge in [0.1, 0.15) is 0 Å². The summed E-state index contributed by atoms with van der Waals surface area (Å²) >= 11 is 0. The van der Waals surface area contributed by atoms with Crippen molar-refractivity contribution in [1.82, 2.24) is 5.32 Å². The van der Waals surface area contributed by atoms with Gasteiger partial charge in [0.05, 0.1) is 0 Å². The van der Waals surface area contributed by atoms with Crippen molar-refractivity contribution in [3.05, 3.63) is 105 Å². The summed E-state index contributed by atoms with van der Waals surface area (Å²) in [6.45, 7) is 4.34. The Balaban J connectivity index is 1.10. The zero-order valence-electron chi connectivity index (χ0n) is 33.0. The number of allylic oxidation sites excluding steroid dienone is 16. The fourth-order valence-electron chi connectivity index (χ4n) is 11.2. The zero-order valence-corrected chi connectivity index (χ0v) is 33.0. The molecule has 0 aromatic rings. The first-order valence-corrected chi connectivity index (χ1v) is 22.3. The molecule has 0 amide bonds. The maximum Gasteiger partial charge on any atom is 0.0253 e. The van der Waals surface area contributed by atoms with Gasteiger partial charge in [0, 0.05) is 12.6 Å². The minimum atomic E-state index is 0.527. The van der Waals surface area contributed by atoms with Gasteiger partial charge in [-0.1, -0.05) is 77.5 Å². The van der Waals surface area contributed by atoms with E-state index in [0.717, 1.165) is 37.3 Å². The number of hydrogen-bond acceptors (Lipinski definition) is 2. The zero-order chi connectivity index (χ0) is 35.5. The highest BCUT2D eigenvalue weighted by Crippen LogP contribution is 2.47. The molecule has 0 aromatic heterocycles. The monoisotopic (exact) mass is 701 g/mol. The second-order valence-corrected chi connectivity index (χ2v) is 17.7. The minimum absolute atomic E-state index is 0.527. The normalized spacial score (nSPS) is 33.2. The molecule has 0 radical (unpaired) electrons. The van der Waals surface area contributed by atoms with Gasteiger partial charge in [-0.15, -0.1) is 0 Å². The van der Waals surface area contributed by atoms with Crippen LogP contribution in [-0.4, -0.2) is 19.1 Å². The van der Waals surface area contributed by atoms with E-state index in [1.807, 2.05) is 5.57 Å². The molecule has 0 saturated heterocycles. The number of nitrogens with one attached hydrogen (secondary N) is 1. The second kappa shape index (κ2) is 19.3. The van der Waals surface area contributed by atoms with E-state index in [0.29, 0.717) is 17.9 Å². The summed E-state index contributed by atoms with van der Waals surface area (Å²) in [4.78, 5) is 0. The molecule has 0 heterocycles. The molecule has 2 nitrogen and oxygen atoms in total. The third kappa shape index (κ3) is 9.81. The summed E-state index contributed by atoms with van der Waals surface area (Å²) in [6, 6.07) is 0.527. The average Bonchev–Trinajstić information content (AvgIpc) is 3.22. The Labute approximate surface area is 318 Å². The van der Waals surface area contributed by atoms with Crippen LogP contribution in [-0.2, 0) is 0 Å². The van der Waals surface area contributed by atoms with Crippen molar-refractivity contribution in [2.75, 3.05) is 13.1 Å². The fourth-order valence-corrected chi connectivity index (χ4v) is 11.2. The van der Waals surface area contributed by atoms with Gasteiger partial charge in [-0.25, -0.2) is 0 Å². The predicted octanol–water partition coefficient (Wildman–Crippen LogP) is 13.0. The molecule has 0 aromatic carbocycles. The summed E-state index contributed by atoms with van der Waals surface area (Å²) in [5.41, 5.74) is 19.3. The molecule has 7 rings (SSSR count). The van der Waals surface area contributed by atoms with Crippen molar-refractivity contribution in [1.29, 1.82) is 0 Å². The van der Waals surface area contributed by atoms with Crippen LogP contribution in [0.3, 0.4) is 0 Å². The molecule has 2 heteroatoms. The highest BCUT2D eigenvalue weighted by atomic mass is 14.9. The third-order valence-electron chi connectivity index (χ3n) is 14.4. The van der Waals surface area contributed by atoms with Gasteiger partial charge >= 0.3 is 0 Å². The summed E-state index contributed by atoms with van der Waals surface area (Å²) in [5.74, 6) is 3.85. The average molecular weight is 701 g/mol. The van der Waals surface area contributed by atoms with Crippen LogP contribution in [0.1, 0.15) is 155 Å². The van der Waals surface area contributed by atoms with E-state index >= 15 is 0 Å². The first kappa shape index (κ1) is 37.9. The Morgan fingerprint density at radius 2 is 1.73 bits per heavy atom. The highest BCUT2D eigenvalue weighted by molar-refractivity contribution is 5.54. The quantitative estimate of drug-likeness (QED) is 0.157. The van der Waals surface area contributed by atoms with E-state index < -0.39 is 0 Å². The van der Waals surface area contributed by atoms with Crippen molar-refractivity contribution in [3.63, 3.8) is 0 Å². The van der Waals surface area contributed by atoms with Crippen LogP contribution in [0.25, 0.3) is 0 Å². The largest absolute Gasteiger partial charge is 0.330 e. The molecule has 0 fully saturated rings. The van der Waals surface area contributed by atoms with Crippen LogP contribution in [0.2, 0.25) is 0 Å². The molecular weight excluding hydrogens is 629 g/mol. The van der Waals surface area contributed by atoms with Crippen LogP contribution in [0, 0.1) is 29.6 Å². The Hall–Kier alpha value is -2.42. The highest BCUT2D eigenvalue weighted by Gasteiger charge is 2.34. The molecule has 7 aliphatic carbocycles. The van der Waals surface area contributed by atoms with Gasteiger partial charge in [-0.2, -0.15) is 0 Å². The lowest BCUT2D eigenvalue weighted by Gasteiger charge is -2.39. The van der Waals surface area contributed by atoms with Gasteiger partial charge in [-0.05, 0) is 219 Å². The maximum atomic E-state index is 5.82. The van der Waals surface area contributed by atoms with E-state index in [1.54, 1.807) is 39.0 Å². The predicted molar refractivity (Wildman–Crippen MR) is 224 cm³/mol. The lowest BCUT2D eigenvalue weighted by Crippen LogP contribution is -2.32. The molecule has 0 spiro atoms. The maximum absolute atomic E-state index is 5.82. The van der Waals surface area contributed by atoms with Gasteiger partial charge in [0.15, 0.2) is 0 Å².